The van der Waals surface area contributed by atoms with Gasteiger partial charge in [0.15, 0.2) is 11.5 Å². The standard InChI is InChI=1S/C38H44N6O4/c1-24-5-12-29(13-6-24)44-35(23-34(42-44)38(2,3)4)41-36(45)39-27-9-7-25(8-10-27)19-26-20-30-14-15-31(21-26)43(30)37(46)40-28-11-16-32-33(22-28)48-18-17-47-32/h5-13,16,22-23,26,30-31H,14-15,17-21H2,1-4H3,(H,40,46)(H2,39,41,45). The molecule has 4 amide bonds. The molecule has 2 bridgehead atoms. The number of piperidine rings is 1. The molecule has 3 N–H and O–H groups in total. The Bertz CT molecular complexity index is 1780. The minimum atomic E-state index is -0.324. The van der Waals surface area contributed by atoms with Crippen LogP contribution in [-0.2, 0) is 11.8 Å². The fourth-order valence-corrected chi connectivity index (χ4v) is 7.15. The Morgan fingerprint density at radius 3 is 2.17 bits per heavy atom. The Hall–Kier alpha value is -4.99. The maximum absolute atomic E-state index is 13.3. The van der Waals surface area contributed by atoms with Gasteiger partial charge in [-0.1, -0.05) is 50.6 Å². The van der Waals surface area contributed by atoms with E-state index in [2.05, 4.69) is 53.8 Å². The van der Waals surface area contributed by atoms with Gasteiger partial charge in [0.1, 0.15) is 19.0 Å². The zero-order valence-electron chi connectivity index (χ0n) is 28.1. The molecule has 4 heterocycles. The number of urea groups is 2. The van der Waals surface area contributed by atoms with E-state index in [0.29, 0.717) is 36.4 Å². The van der Waals surface area contributed by atoms with Gasteiger partial charge in [0, 0.05) is 41.0 Å². The molecule has 3 aliphatic heterocycles. The lowest BCUT2D eigenvalue weighted by Crippen LogP contribution is -2.48. The number of ether oxygens (including phenoxy) is 2. The zero-order chi connectivity index (χ0) is 33.4. The first-order valence-electron chi connectivity index (χ1n) is 16.9. The van der Waals surface area contributed by atoms with Crippen LogP contribution < -0.4 is 25.4 Å². The largest absolute Gasteiger partial charge is 0.486 e. The van der Waals surface area contributed by atoms with Crippen molar-refractivity contribution in [1.29, 1.82) is 0 Å². The molecule has 4 aromatic rings. The number of anilines is 3. The second-order valence-electron chi connectivity index (χ2n) is 14.3. The average Bonchev–Trinajstić information content (AvgIpc) is 3.60. The van der Waals surface area contributed by atoms with E-state index in [-0.39, 0.29) is 29.6 Å². The van der Waals surface area contributed by atoms with Crippen LogP contribution in [0.1, 0.15) is 63.3 Å². The highest BCUT2D eigenvalue weighted by atomic mass is 16.6. The maximum Gasteiger partial charge on any atom is 0.324 e. The Morgan fingerprint density at radius 1 is 0.812 bits per heavy atom. The predicted molar refractivity (Wildman–Crippen MR) is 188 cm³/mol. The number of nitrogens with one attached hydrogen (secondary N) is 3. The van der Waals surface area contributed by atoms with Gasteiger partial charge < -0.3 is 25.0 Å². The average molecular weight is 649 g/mol. The molecule has 1 aromatic heterocycles. The summed E-state index contributed by atoms with van der Waals surface area (Å²) in [4.78, 5) is 28.5. The van der Waals surface area contributed by atoms with Gasteiger partial charge in [-0.05, 0) is 86.9 Å². The highest BCUT2D eigenvalue weighted by molar-refractivity contribution is 5.99. The summed E-state index contributed by atoms with van der Waals surface area (Å²) >= 11 is 0. The molecule has 2 saturated heterocycles. The van der Waals surface area contributed by atoms with E-state index in [4.69, 9.17) is 14.6 Å². The van der Waals surface area contributed by atoms with E-state index < -0.39 is 0 Å². The van der Waals surface area contributed by atoms with Crippen LogP contribution in [0.25, 0.3) is 5.69 Å². The Labute approximate surface area is 281 Å². The van der Waals surface area contributed by atoms with E-state index in [9.17, 15) is 9.59 Å². The molecule has 3 aromatic carbocycles. The molecule has 0 spiro atoms. The third-order valence-electron chi connectivity index (χ3n) is 9.59. The number of nitrogens with zero attached hydrogens (tertiary/aromatic N) is 3. The Kier molecular flexibility index (Phi) is 8.49. The van der Waals surface area contributed by atoms with Gasteiger partial charge in [0.05, 0.1) is 11.4 Å². The summed E-state index contributed by atoms with van der Waals surface area (Å²) in [7, 11) is 0. The molecule has 2 fully saturated rings. The molecular weight excluding hydrogens is 604 g/mol. The number of amides is 4. The Balaban J connectivity index is 0.941. The van der Waals surface area contributed by atoms with Crippen molar-refractivity contribution in [2.24, 2.45) is 5.92 Å². The zero-order valence-corrected chi connectivity index (χ0v) is 28.1. The molecule has 0 saturated carbocycles. The summed E-state index contributed by atoms with van der Waals surface area (Å²) in [6, 6.07) is 23.8. The molecule has 3 aliphatic rings. The minimum absolute atomic E-state index is 0.0390. The van der Waals surface area contributed by atoms with Crippen LogP contribution in [0.5, 0.6) is 11.5 Å². The number of hydrogen-bond acceptors (Lipinski definition) is 5. The third-order valence-corrected chi connectivity index (χ3v) is 9.59. The number of aromatic nitrogens is 2. The summed E-state index contributed by atoms with van der Waals surface area (Å²) in [6.07, 6.45) is 4.99. The van der Waals surface area contributed by atoms with E-state index in [1.165, 1.54) is 5.56 Å². The van der Waals surface area contributed by atoms with Crippen molar-refractivity contribution in [1.82, 2.24) is 14.7 Å². The molecule has 10 nitrogen and oxygen atoms in total. The SMILES string of the molecule is Cc1ccc(-n2nc(C(C)(C)C)cc2NC(=O)Nc2ccc(CC3CC4CCC(C3)N4C(=O)Nc3ccc4c(c3)OCCO4)cc2)cc1. The van der Waals surface area contributed by atoms with Gasteiger partial charge in [-0.15, -0.1) is 0 Å². The second-order valence-corrected chi connectivity index (χ2v) is 14.3. The molecule has 2 atom stereocenters. The first-order chi connectivity index (χ1) is 23.1. The van der Waals surface area contributed by atoms with E-state index in [1.54, 1.807) is 4.68 Å². The van der Waals surface area contributed by atoms with Crippen molar-refractivity contribution in [3.05, 3.63) is 89.6 Å². The summed E-state index contributed by atoms with van der Waals surface area (Å²) in [6.45, 7) is 9.41. The lowest BCUT2D eigenvalue weighted by Gasteiger charge is -2.39. The van der Waals surface area contributed by atoms with Crippen molar-refractivity contribution in [3.8, 4) is 17.2 Å². The molecule has 250 valence electrons. The number of fused-ring (bicyclic) bond motifs is 3. The first-order valence-corrected chi connectivity index (χ1v) is 16.9. The van der Waals surface area contributed by atoms with Crippen molar-refractivity contribution >= 4 is 29.3 Å². The molecule has 0 radical (unpaired) electrons. The number of carbonyl (C=O) groups excluding carboxylic acids is 2. The van der Waals surface area contributed by atoms with E-state index in [0.717, 1.165) is 60.4 Å². The van der Waals surface area contributed by atoms with Gasteiger partial charge in [0.2, 0.25) is 0 Å². The molecule has 10 heteroatoms. The second kappa shape index (κ2) is 12.9. The number of benzene rings is 3. The van der Waals surface area contributed by atoms with Crippen molar-refractivity contribution in [3.63, 3.8) is 0 Å². The van der Waals surface area contributed by atoms with Crippen molar-refractivity contribution in [2.75, 3.05) is 29.2 Å². The van der Waals surface area contributed by atoms with E-state index >= 15 is 0 Å². The van der Waals surface area contributed by atoms with Crippen LogP contribution in [0, 0.1) is 12.8 Å². The molecule has 48 heavy (non-hydrogen) atoms. The number of aryl methyl sites for hydroxylation is 1. The molecule has 7 rings (SSSR count). The van der Waals surface area contributed by atoms with Crippen LogP contribution in [0.15, 0.2) is 72.8 Å². The summed E-state index contributed by atoms with van der Waals surface area (Å²) < 4.78 is 13.1. The summed E-state index contributed by atoms with van der Waals surface area (Å²) in [5.41, 5.74) is 5.44. The smallest absolute Gasteiger partial charge is 0.324 e. The molecular formula is C38H44N6O4. The van der Waals surface area contributed by atoms with Crippen LogP contribution in [0.2, 0.25) is 0 Å². The van der Waals surface area contributed by atoms with Gasteiger partial charge in [-0.25, -0.2) is 14.3 Å². The molecule has 2 unspecified atom stereocenters. The van der Waals surface area contributed by atoms with Gasteiger partial charge in [0.25, 0.3) is 0 Å². The van der Waals surface area contributed by atoms with Gasteiger partial charge >= 0.3 is 12.1 Å². The fraction of sp³-hybridized carbons (Fsp3) is 0.395. The number of rotatable bonds is 6. The molecule has 0 aliphatic carbocycles. The van der Waals surface area contributed by atoms with Crippen LogP contribution in [-0.4, -0.2) is 52.0 Å². The van der Waals surface area contributed by atoms with Crippen molar-refractivity contribution in [2.45, 2.75) is 77.3 Å². The van der Waals surface area contributed by atoms with E-state index in [1.807, 2.05) is 67.6 Å². The highest BCUT2D eigenvalue weighted by Crippen LogP contribution is 2.41. The normalized spacial score (nSPS) is 19.9. The Morgan fingerprint density at radius 2 is 1.48 bits per heavy atom. The third kappa shape index (κ3) is 6.83. The van der Waals surface area contributed by atoms with Crippen LogP contribution in [0.4, 0.5) is 26.8 Å². The lowest BCUT2D eigenvalue weighted by atomic mass is 9.86. The minimum Gasteiger partial charge on any atom is -0.486 e. The number of carbonyl (C=O) groups is 2. The van der Waals surface area contributed by atoms with Gasteiger partial charge in [-0.3, -0.25) is 5.32 Å². The maximum atomic E-state index is 13.3. The highest BCUT2D eigenvalue weighted by Gasteiger charge is 2.43. The monoisotopic (exact) mass is 648 g/mol. The number of hydrogen-bond donors (Lipinski definition) is 3. The van der Waals surface area contributed by atoms with Crippen molar-refractivity contribution < 1.29 is 19.1 Å². The summed E-state index contributed by atoms with van der Waals surface area (Å²) in [5.74, 6) is 2.49. The fourth-order valence-electron chi connectivity index (χ4n) is 7.15. The lowest BCUT2D eigenvalue weighted by molar-refractivity contribution is 0.131. The van der Waals surface area contributed by atoms with Crippen LogP contribution >= 0.6 is 0 Å². The predicted octanol–water partition coefficient (Wildman–Crippen LogP) is 7.91. The quantitative estimate of drug-likeness (QED) is 0.197. The van der Waals surface area contributed by atoms with Gasteiger partial charge in [-0.2, -0.15) is 5.10 Å². The first kappa shape index (κ1) is 31.6. The topological polar surface area (TPSA) is 110 Å². The summed E-state index contributed by atoms with van der Waals surface area (Å²) in [5, 5.41) is 13.9. The van der Waals surface area contributed by atoms with Crippen LogP contribution in [0.3, 0.4) is 0 Å².